The van der Waals surface area contributed by atoms with Crippen molar-refractivity contribution in [1.29, 1.82) is 0 Å². The number of aliphatic hydroxyl groups excluding tert-OH is 2. The molecule has 9 atom stereocenters. The van der Waals surface area contributed by atoms with Gasteiger partial charge in [-0.25, -0.2) is 13.2 Å². The van der Waals surface area contributed by atoms with Gasteiger partial charge < -0.3 is 10.2 Å². The molecule has 1 saturated heterocycles. The minimum Gasteiger partial charge on any atom is -0.390 e. The van der Waals surface area contributed by atoms with Crippen LogP contribution in [-0.2, 0) is 14.4 Å². The number of hydroxylamine groups is 1. The second kappa shape index (κ2) is 7.77. The van der Waals surface area contributed by atoms with Crippen LogP contribution < -0.4 is 5.06 Å². The molecule has 4 aliphatic carbocycles. The first-order valence-corrected chi connectivity index (χ1v) is 12.7. The van der Waals surface area contributed by atoms with Gasteiger partial charge in [-0.05, 0) is 68.0 Å². The minimum atomic E-state index is -2.27. The maximum Gasteiger partial charge on any atom is 0.193 e. The summed E-state index contributed by atoms with van der Waals surface area (Å²) in [6.07, 6.45) is 0.474. The number of alkyl halides is 2. The molecule has 9 heteroatoms. The number of ketones is 2. The number of carbonyl (C=O) groups excluding carboxylic acids is 2. The number of allylic oxidation sites excluding steroid dienone is 4. The van der Waals surface area contributed by atoms with Crippen molar-refractivity contribution < 1.29 is 37.8 Å². The average Bonchev–Trinajstić information content (AvgIpc) is 3.35. The third-order valence-corrected chi connectivity index (χ3v) is 10.3. The molecule has 2 N–H and O–H groups in total. The van der Waals surface area contributed by atoms with Crippen molar-refractivity contribution in [2.45, 2.75) is 56.7 Å². The van der Waals surface area contributed by atoms with Crippen molar-refractivity contribution in [3.8, 4) is 0 Å². The normalized spacial score (nSPS) is 46.1. The molecule has 1 unspecified atom stereocenters. The van der Waals surface area contributed by atoms with E-state index in [0.717, 1.165) is 6.08 Å². The monoisotopic (exact) mass is 517 g/mol. The number of fused-ring (bicyclic) bond motifs is 7. The summed E-state index contributed by atoms with van der Waals surface area (Å²) < 4.78 is 47.0. The highest BCUT2D eigenvalue weighted by molar-refractivity contribution is 6.01. The third kappa shape index (κ3) is 2.88. The number of hydrogen-bond donors (Lipinski definition) is 2. The lowest BCUT2D eigenvalue weighted by Gasteiger charge is -2.63. The van der Waals surface area contributed by atoms with Crippen LogP contribution in [0.2, 0.25) is 0 Å². The van der Waals surface area contributed by atoms with Gasteiger partial charge in [0.15, 0.2) is 22.8 Å². The molecule has 0 spiro atoms. The predicted molar refractivity (Wildman–Crippen MR) is 127 cm³/mol. The quantitative estimate of drug-likeness (QED) is 0.639. The van der Waals surface area contributed by atoms with Crippen molar-refractivity contribution in [2.24, 2.45) is 28.6 Å². The first-order valence-electron chi connectivity index (χ1n) is 12.7. The second-order valence-corrected chi connectivity index (χ2v) is 11.7. The van der Waals surface area contributed by atoms with Crippen LogP contribution in [0.5, 0.6) is 0 Å². The summed E-state index contributed by atoms with van der Waals surface area (Å²) in [5.74, 6) is -3.49. The Morgan fingerprint density at radius 1 is 1.24 bits per heavy atom. The molecule has 0 aromatic heterocycles. The van der Waals surface area contributed by atoms with Crippen LogP contribution in [0.1, 0.15) is 33.1 Å². The van der Waals surface area contributed by atoms with E-state index in [1.54, 1.807) is 13.0 Å². The number of benzene rings is 1. The second-order valence-electron chi connectivity index (χ2n) is 11.7. The van der Waals surface area contributed by atoms with E-state index in [9.17, 15) is 24.2 Å². The zero-order valence-corrected chi connectivity index (χ0v) is 20.7. The fourth-order valence-electron chi connectivity index (χ4n) is 8.65. The van der Waals surface area contributed by atoms with Gasteiger partial charge >= 0.3 is 0 Å². The Hall–Kier alpha value is -2.49. The lowest BCUT2D eigenvalue weighted by molar-refractivity contribution is -0.228. The Kier molecular flexibility index (Phi) is 5.21. The van der Waals surface area contributed by atoms with Crippen molar-refractivity contribution >= 4 is 17.3 Å². The van der Waals surface area contributed by atoms with Crippen LogP contribution in [0.4, 0.5) is 18.9 Å². The summed E-state index contributed by atoms with van der Waals surface area (Å²) in [6.45, 7) is 2.65. The number of Topliss-reactive ketones (excluding diaryl/α,β-unsaturated/α-hetero) is 1. The number of nitrogens with zero attached hydrogens (tertiary/aromatic N) is 1. The molecule has 3 saturated carbocycles. The van der Waals surface area contributed by atoms with Gasteiger partial charge in [0, 0.05) is 22.7 Å². The number of rotatable bonds is 3. The molecule has 0 radical (unpaired) electrons. The Morgan fingerprint density at radius 3 is 2.70 bits per heavy atom. The summed E-state index contributed by atoms with van der Waals surface area (Å²) in [4.78, 5) is 31.8. The summed E-state index contributed by atoms with van der Waals surface area (Å²) in [5.41, 5.74) is -6.09. The summed E-state index contributed by atoms with van der Waals surface area (Å²) in [6, 6.07) is 5.73. The van der Waals surface area contributed by atoms with E-state index in [4.69, 9.17) is 4.84 Å². The van der Waals surface area contributed by atoms with Crippen LogP contribution >= 0.6 is 0 Å². The van der Waals surface area contributed by atoms with E-state index in [-0.39, 0.29) is 25.0 Å². The Bertz CT molecular complexity index is 1250. The van der Waals surface area contributed by atoms with E-state index < -0.39 is 76.1 Å². The molecule has 6 nitrogen and oxygen atoms in total. The molecule has 1 aliphatic heterocycles. The molecule has 0 bridgehead atoms. The molecule has 4 fully saturated rings. The Morgan fingerprint density at radius 2 is 2.00 bits per heavy atom. The van der Waals surface area contributed by atoms with Gasteiger partial charge in [0.05, 0.1) is 18.3 Å². The van der Waals surface area contributed by atoms with E-state index in [1.807, 2.05) is 0 Å². The van der Waals surface area contributed by atoms with Gasteiger partial charge in [0.1, 0.15) is 18.6 Å². The van der Waals surface area contributed by atoms with Crippen LogP contribution in [-0.4, -0.2) is 58.5 Å². The van der Waals surface area contributed by atoms with Crippen LogP contribution in [0.3, 0.4) is 0 Å². The topological polar surface area (TPSA) is 87.1 Å². The average molecular weight is 518 g/mol. The molecule has 5 aliphatic rings. The highest BCUT2D eigenvalue weighted by Crippen LogP contribution is 2.72. The number of aliphatic hydroxyl groups is 2. The van der Waals surface area contributed by atoms with E-state index >= 15 is 8.78 Å². The molecular formula is C28H30F3NO5. The molecule has 6 rings (SSSR count). The zero-order chi connectivity index (χ0) is 26.5. The van der Waals surface area contributed by atoms with Crippen molar-refractivity contribution in [1.82, 2.24) is 0 Å². The largest absolute Gasteiger partial charge is 0.390 e. The molecule has 1 aromatic carbocycles. The third-order valence-electron chi connectivity index (χ3n) is 10.3. The van der Waals surface area contributed by atoms with Crippen LogP contribution in [0.15, 0.2) is 48.1 Å². The lowest BCUT2D eigenvalue weighted by atomic mass is 9.44. The summed E-state index contributed by atoms with van der Waals surface area (Å²) >= 11 is 0. The van der Waals surface area contributed by atoms with Gasteiger partial charge in [0.2, 0.25) is 0 Å². The van der Waals surface area contributed by atoms with Crippen molar-refractivity contribution in [3.63, 3.8) is 0 Å². The van der Waals surface area contributed by atoms with Gasteiger partial charge in [-0.15, -0.1) is 0 Å². The summed E-state index contributed by atoms with van der Waals surface area (Å²) in [7, 11) is 0. The molecule has 1 heterocycles. The van der Waals surface area contributed by atoms with Crippen molar-refractivity contribution in [2.75, 3.05) is 18.2 Å². The van der Waals surface area contributed by atoms with E-state index in [1.165, 1.54) is 42.3 Å². The van der Waals surface area contributed by atoms with Gasteiger partial charge in [-0.3, -0.25) is 19.5 Å². The number of anilines is 1. The number of hydrogen-bond acceptors (Lipinski definition) is 6. The Balaban J connectivity index is 1.45. The SMILES string of the molecule is CC12C[C@H](O)[C@@]3(F)[C@@H](C[C@H](F)C4=CC(=O)C=C[C@@]43C)[C@@H]1C[C@H]1CN(c3cccc(F)c3)O[C@]12C(=O)CO. The zero-order valence-electron chi connectivity index (χ0n) is 20.7. The van der Waals surface area contributed by atoms with Gasteiger partial charge in [-0.1, -0.05) is 19.1 Å². The highest BCUT2D eigenvalue weighted by Gasteiger charge is 2.79. The lowest BCUT2D eigenvalue weighted by Crippen LogP contribution is -2.70. The first-order chi connectivity index (χ1) is 17.4. The highest BCUT2D eigenvalue weighted by atomic mass is 19.1. The molecule has 37 heavy (non-hydrogen) atoms. The Labute approximate surface area is 212 Å². The first kappa shape index (κ1) is 24.8. The van der Waals surface area contributed by atoms with Crippen LogP contribution in [0, 0.1) is 34.4 Å². The predicted octanol–water partition coefficient (Wildman–Crippen LogP) is 3.42. The molecular weight excluding hydrogens is 487 g/mol. The molecule has 198 valence electrons. The van der Waals surface area contributed by atoms with Crippen LogP contribution in [0.25, 0.3) is 0 Å². The number of carbonyl (C=O) groups is 2. The smallest absolute Gasteiger partial charge is 0.193 e. The molecule has 0 amide bonds. The van der Waals surface area contributed by atoms with Gasteiger partial charge in [-0.2, -0.15) is 0 Å². The van der Waals surface area contributed by atoms with Crippen molar-refractivity contribution in [3.05, 3.63) is 53.9 Å². The maximum absolute atomic E-state index is 17.4. The van der Waals surface area contributed by atoms with Gasteiger partial charge in [0.25, 0.3) is 0 Å². The fourth-order valence-corrected chi connectivity index (χ4v) is 8.65. The molecule has 1 aromatic rings. The fraction of sp³-hybridized carbons (Fsp3) is 0.571. The standard InChI is InChI=1S/C28H30F3NO5/c1-25-7-6-18(34)10-21(25)22(30)11-20-19-8-15-13-32(17-5-3-4-16(29)9-17)37-28(15,24(36)14-33)26(19,2)12-23(35)27(20,25)31/h3-7,9-10,15,19-20,22-23,33,35H,8,11-14H2,1-2H3/t15-,19-,20-,22-,23-,25-,26?,27-,28-/m0/s1. The maximum atomic E-state index is 17.4. The minimum absolute atomic E-state index is 0.0364. The number of halogens is 3. The van der Waals surface area contributed by atoms with E-state index in [0.29, 0.717) is 12.1 Å². The summed E-state index contributed by atoms with van der Waals surface area (Å²) in [5, 5.41) is 22.9. The van der Waals surface area contributed by atoms with E-state index in [2.05, 4.69) is 0 Å².